The number of pyridine rings is 1. The second-order valence-electron chi connectivity index (χ2n) is 7.89. The number of nitrogens with two attached hydrogens (primary N) is 1. The van der Waals surface area contributed by atoms with E-state index in [9.17, 15) is 18.5 Å². The van der Waals surface area contributed by atoms with Gasteiger partial charge in [-0.1, -0.05) is 12.1 Å². The molecule has 1 aliphatic carbocycles. The Labute approximate surface area is 188 Å². The summed E-state index contributed by atoms with van der Waals surface area (Å²) in [4.78, 5) is 16.6. The molecule has 172 valence electrons. The van der Waals surface area contributed by atoms with Crippen molar-refractivity contribution in [3.63, 3.8) is 0 Å². The van der Waals surface area contributed by atoms with E-state index in [4.69, 9.17) is 9.88 Å². The number of nitrogens with one attached hydrogen (secondary N) is 1. The van der Waals surface area contributed by atoms with Crippen LogP contribution in [0.15, 0.2) is 46.0 Å². The Hall–Kier alpha value is -3.35. The molecule has 0 bridgehead atoms. The molecule has 0 fully saturated rings. The lowest BCUT2D eigenvalue weighted by atomic mass is 9.97. The van der Waals surface area contributed by atoms with E-state index >= 15 is 0 Å². The first-order valence-electron chi connectivity index (χ1n) is 10.3. The summed E-state index contributed by atoms with van der Waals surface area (Å²) in [5.74, 6) is -0.430. The minimum atomic E-state index is -3.71. The number of urea groups is 1. The summed E-state index contributed by atoms with van der Waals surface area (Å²) in [6, 6.07) is 4.25. The number of aromatic nitrogens is 3. The zero-order valence-corrected chi connectivity index (χ0v) is 18.2. The fraction of sp³-hybridized carbons (Fsp3) is 0.286. The van der Waals surface area contributed by atoms with Crippen molar-refractivity contribution in [3.05, 3.63) is 53.7 Å². The van der Waals surface area contributed by atoms with Crippen LogP contribution in [-0.4, -0.2) is 42.8 Å². The number of carbonyl (C=O) groups is 1. The maximum absolute atomic E-state index is 14.5. The summed E-state index contributed by atoms with van der Waals surface area (Å²) in [5.41, 5.74) is 3.10. The number of carbonyl (C=O) groups excluding carboxylic acids is 1. The van der Waals surface area contributed by atoms with Gasteiger partial charge < -0.3 is 15.2 Å². The lowest BCUT2D eigenvalue weighted by Crippen LogP contribution is -2.30. The van der Waals surface area contributed by atoms with Crippen molar-refractivity contribution in [3.8, 4) is 17.0 Å². The molecule has 2 unspecified atom stereocenters. The number of nitrogens with zero attached hydrogens (tertiary/aromatic N) is 4. The minimum Gasteiger partial charge on any atom is -0.474 e. The number of hydrogen-bond acceptors (Lipinski definition) is 6. The fourth-order valence-electron chi connectivity index (χ4n) is 4.19. The van der Waals surface area contributed by atoms with Crippen LogP contribution in [0.25, 0.3) is 11.1 Å². The summed E-state index contributed by atoms with van der Waals surface area (Å²) in [6.07, 6.45) is 5.47. The van der Waals surface area contributed by atoms with Crippen molar-refractivity contribution in [1.82, 2.24) is 14.8 Å². The van der Waals surface area contributed by atoms with Gasteiger partial charge in [-0.3, -0.25) is 4.98 Å². The Bertz CT molecular complexity index is 1380. The van der Waals surface area contributed by atoms with E-state index < -0.39 is 27.9 Å². The Morgan fingerprint density at radius 3 is 2.97 bits per heavy atom. The van der Waals surface area contributed by atoms with E-state index in [2.05, 4.69) is 19.8 Å². The summed E-state index contributed by atoms with van der Waals surface area (Å²) in [7, 11) is -3.71. The van der Waals surface area contributed by atoms with Gasteiger partial charge in [-0.15, -0.1) is 4.36 Å². The normalized spacial score (nSPS) is 18.6. The van der Waals surface area contributed by atoms with Crippen LogP contribution >= 0.6 is 0 Å². The van der Waals surface area contributed by atoms with Crippen LogP contribution in [0.3, 0.4) is 0 Å². The highest BCUT2D eigenvalue weighted by Crippen LogP contribution is 2.38. The lowest BCUT2D eigenvalue weighted by Gasteiger charge is -2.20. The SMILES string of the molecule is NS(=O)(=NC(=O)Nc1c(-c2ccncc2F)ccc2c1CCC2)c1cnn2c1OCC(O)C2. The van der Waals surface area contributed by atoms with Crippen molar-refractivity contribution >= 4 is 21.6 Å². The smallest absolute Gasteiger partial charge is 0.354 e. The highest BCUT2D eigenvalue weighted by Gasteiger charge is 2.27. The molecule has 5 rings (SSSR count). The molecule has 2 aromatic heterocycles. The van der Waals surface area contributed by atoms with Crippen molar-refractivity contribution in [1.29, 1.82) is 0 Å². The van der Waals surface area contributed by atoms with Crippen LogP contribution in [0.2, 0.25) is 0 Å². The molecule has 4 N–H and O–H groups in total. The number of rotatable bonds is 3. The largest absolute Gasteiger partial charge is 0.474 e. The number of aliphatic hydroxyl groups is 1. The van der Waals surface area contributed by atoms with Gasteiger partial charge >= 0.3 is 6.03 Å². The van der Waals surface area contributed by atoms with Gasteiger partial charge in [-0.05, 0) is 36.5 Å². The second kappa shape index (κ2) is 8.21. The van der Waals surface area contributed by atoms with Crippen LogP contribution in [0.4, 0.5) is 14.9 Å². The standard InChI is InChI=1S/C21H21FN6O4S/c22-17-8-24-7-6-15(17)16-5-4-12-2-1-3-14(12)19(16)26-21(30)27-33(23,31)18-9-25-28-10-13(29)11-32-20(18)28/h4-9,13,29H,1-3,10-11H2,(H3,23,26,27,30,31). The van der Waals surface area contributed by atoms with Gasteiger partial charge in [0.1, 0.15) is 23.4 Å². The van der Waals surface area contributed by atoms with Crippen LogP contribution in [-0.2, 0) is 29.3 Å². The van der Waals surface area contributed by atoms with Crippen LogP contribution in [0.5, 0.6) is 5.88 Å². The van der Waals surface area contributed by atoms with E-state index in [1.807, 2.05) is 6.07 Å². The summed E-state index contributed by atoms with van der Waals surface area (Å²) >= 11 is 0. The Morgan fingerprint density at radius 2 is 2.15 bits per heavy atom. The van der Waals surface area contributed by atoms with Gasteiger partial charge in [-0.2, -0.15) is 5.10 Å². The summed E-state index contributed by atoms with van der Waals surface area (Å²) in [5, 5.41) is 22.3. The summed E-state index contributed by atoms with van der Waals surface area (Å²) in [6.45, 7) is 0.130. The van der Waals surface area contributed by atoms with E-state index in [0.717, 1.165) is 30.2 Å². The fourth-order valence-corrected chi connectivity index (χ4v) is 5.19. The Kier molecular flexibility index (Phi) is 5.35. The number of benzene rings is 1. The number of aliphatic hydroxyl groups excluding tert-OH is 1. The molecule has 2 atom stereocenters. The number of halogens is 1. The predicted molar refractivity (Wildman–Crippen MR) is 117 cm³/mol. The summed E-state index contributed by atoms with van der Waals surface area (Å²) < 4.78 is 38.0. The van der Waals surface area contributed by atoms with Crippen molar-refractivity contribution < 1.29 is 23.2 Å². The van der Waals surface area contributed by atoms with E-state index in [1.54, 1.807) is 6.07 Å². The Morgan fingerprint density at radius 1 is 1.30 bits per heavy atom. The number of anilines is 1. The number of amides is 2. The number of fused-ring (bicyclic) bond motifs is 2. The quantitative estimate of drug-likeness (QED) is 0.533. The average Bonchev–Trinajstić information content (AvgIpc) is 3.41. The third-order valence-corrected chi connectivity index (χ3v) is 7.01. The number of aryl methyl sites for hydroxylation is 1. The second-order valence-corrected chi connectivity index (χ2v) is 9.65. The highest BCUT2D eigenvalue weighted by atomic mass is 32.2. The molecule has 0 saturated heterocycles. The van der Waals surface area contributed by atoms with Gasteiger partial charge in [-0.25, -0.2) is 23.2 Å². The van der Waals surface area contributed by atoms with Gasteiger partial charge in [0, 0.05) is 17.3 Å². The highest BCUT2D eigenvalue weighted by molar-refractivity contribution is 7.91. The molecule has 2 amide bonds. The molecule has 3 heterocycles. The van der Waals surface area contributed by atoms with Gasteiger partial charge in [0.15, 0.2) is 9.92 Å². The molecule has 33 heavy (non-hydrogen) atoms. The van der Waals surface area contributed by atoms with Crippen LogP contribution in [0, 0.1) is 5.82 Å². The number of hydrogen-bond donors (Lipinski definition) is 3. The lowest BCUT2D eigenvalue weighted by molar-refractivity contribution is 0.0538. The molecule has 1 aliphatic heterocycles. The molecular weight excluding hydrogens is 451 g/mol. The first-order valence-corrected chi connectivity index (χ1v) is 11.9. The van der Waals surface area contributed by atoms with E-state index in [-0.39, 0.29) is 29.5 Å². The number of ether oxygens (including phenoxy) is 1. The molecule has 2 aliphatic rings. The molecule has 10 nitrogen and oxygen atoms in total. The molecule has 0 radical (unpaired) electrons. The monoisotopic (exact) mass is 472 g/mol. The van der Waals surface area contributed by atoms with Crippen LogP contribution < -0.4 is 15.2 Å². The van der Waals surface area contributed by atoms with E-state index in [0.29, 0.717) is 17.7 Å². The van der Waals surface area contributed by atoms with Crippen molar-refractivity contribution in [2.45, 2.75) is 36.8 Å². The molecule has 3 aromatic rings. The molecular formula is C21H21FN6O4S. The van der Waals surface area contributed by atoms with E-state index in [1.165, 1.54) is 23.1 Å². The maximum Gasteiger partial charge on any atom is 0.354 e. The molecule has 0 spiro atoms. The maximum atomic E-state index is 14.5. The van der Waals surface area contributed by atoms with Gasteiger partial charge in [0.05, 0.1) is 24.6 Å². The van der Waals surface area contributed by atoms with Gasteiger partial charge in [0.25, 0.3) is 0 Å². The first-order chi connectivity index (χ1) is 15.8. The average molecular weight is 473 g/mol. The van der Waals surface area contributed by atoms with Crippen molar-refractivity contribution in [2.24, 2.45) is 9.50 Å². The Balaban J connectivity index is 1.52. The third kappa shape index (κ3) is 3.96. The third-order valence-electron chi connectivity index (χ3n) is 5.67. The van der Waals surface area contributed by atoms with Gasteiger partial charge in [0.2, 0.25) is 5.88 Å². The first kappa shape index (κ1) is 21.5. The van der Waals surface area contributed by atoms with Crippen molar-refractivity contribution in [2.75, 3.05) is 11.9 Å². The molecule has 1 aromatic carbocycles. The molecule has 12 heteroatoms. The zero-order valence-electron chi connectivity index (χ0n) is 17.4. The topological polar surface area (TPSA) is 145 Å². The minimum absolute atomic E-state index is 0.0164. The van der Waals surface area contributed by atoms with Crippen LogP contribution in [0.1, 0.15) is 17.5 Å². The zero-order chi connectivity index (χ0) is 23.2. The predicted octanol–water partition coefficient (Wildman–Crippen LogP) is 2.26. The molecule has 0 saturated carbocycles.